The van der Waals surface area contributed by atoms with Gasteiger partial charge < -0.3 is 4.74 Å². The molecule has 3 heterocycles. The van der Waals surface area contributed by atoms with Gasteiger partial charge in [-0.1, -0.05) is 35.6 Å². The lowest BCUT2D eigenvalue weighted by Gasteiger charge is -2.33. The molecule has 1 fully saturated rings. The third-order valence-corrected chi connectivity index (χ3v) is 9.02. The Bertz CT molecular complexity index is 1540. The first-order chi connectivity index (χ1) is 17.3. The Morgan fingerprint density at radius 2 is 1.75 bits per heavy atom. The highest BCUT2D eigenvalue weighted by Gasteiger charge is 2.28. The summed E-state index contributed by atoms with van der Waals surface area (Å²) in [7, 11) is -3.58. The van der Waals surface area contributed by atoms with E-state index in [1.54, 1.807) is 24.3 Å². The summed E-state index contributed by atoms with van der Waals surface area (Å²) in [5.41, 5.74) is 2.51. The number of benzene rings is 2. The fourth-order valence-corrected chi connectivity index (χ4v) is 6.68. The molecule has 4 aromatic rings. The lowest BCUT2D eigenvalue weighted by molar-refractivity contribution is 0.180. The molecule has 5 rings (SSSR count). The summed E-state index contributed by atoms with van der Waals surface area (Å²) in [6.45, 7) is 6.74. The van der Waals surface area contributed by atoms with Crippen molar-refractivity contribution in [2.45, 2.75) is 25.3 Å². The van der Waals surface area contributed by atoms with Crippen molar-refractivity contribution in [3.05, 3.63) is 76.2 Å². The van der Waals surface area contributed by atoms with Crippen LogP contribution >= 0.6 is 11.3 Å². The predicted molar refractivity (Wildman–Crippen MR) is 139 cm³/mol. The summed E-state index contributed by atoms with van der Waals surface area (Å²) in [5.74, 6) is 0.647. The lowest BCUT2D eigenvalue weighted by Crippen LogP contribution is -2.48. The topological polar surface area (TPSA) is 97.1 Å². The molecule has 1 aliphatic heterocycles. The molecule has 0 amide bonds. The maximum Gasteiger partial charge on any atom is 0.275 e. The van der Waals surface area contributed by atoms with E-state index in [1.807, 2.05) is 38.1 Å². The average molecular weight is 526 g/mol. The van der Waals surface area contributed by atoms with Crippen LogP contribution in [0.1, 0.15) is 18.2 Å². The van der Waals surface area contributed by atoms with Crippen LogP contribution in [0, 0.1) is 6.92 Å². The fraction of sp³-hybridized carbons (Fsp3) is 0.320. The minimum atomic E-state index is -3.58. The molecule has 2 aromatic heterocycles. The van der Waals surface area contributed by atoms with Gasteiger partial charge in [-0.25, -0.2) is 13.4 Å². The van der Waals surface area contributed by atoms with E-state index in [4.69, 9.17) is 4.74 Å². The van der Waals surface area contributed by atoms with Crippen molar-refractivity contribution >= 4 is 26.3 Å². The van der Waals surface area contributed by atoms with Crippen LogP contribution in [0.3, 0.4) is 0 Å². The third-order valence-electron chi connectivity index (χ3n) is 6.16. The summed E-state index contributed by atoms with van der Waals surface area (Å²) in [5, 5.41) is 5.23. The number of nitrogens with zero attached hydrogens (tertiary/aromatic N) is 5. The van der Waals surface area contributed by atoms with Crippen molar-refractivity contribution in [1.82, 2.24) is 23.8 Å². The maximum absolute atomic E-state index is 13.1. The Balaban J connectivity index is 1.27. The van der Waals surface area contributed by atoms with Crippen LogP contribution in [0.25, 0.3) is 15.5 Å². The quantitative estimate of drug-likeness (QED) is 0.366. The highest BCUT2D eigenvalue weighted by Crippen LogP contribution is 2.27. The van der Waals surface area contributed by atoms with Crippen molar-refractivity contribution < 1.29 is 13.2 Å². The van der Waals surface area contributed by atoms with Crippen molar-refractivity contribution in [3.8, 4) is 16.3 Å². The van der Waals surface area contributed by atoms with E-state index in [1.165, 1.54) is 26.2 Å². The highest BCUT2D eigenvalue weighted by atomic mass is 32.2. The number of sulfonamides is 1. The average Bonchev–Trinajstić information content (AvgIpc) is 3.30. The smallest absolute Gasteiger partial charge is 0.275 e. The van der Waals surface area contributed by atoms with E-state index in [9.17, 15) is 13.2 Å². The zero-order valence-corrected chi connectivity index (χ0v) is 21.8. The summed E-state index contributed by atoms with van der Waals surface area (Å²) in [4.78, 5) is 20.3. The molecule has 36 heavy (non-hydrogen) atoms. The van der Waals surface area contributed by atoms with Crippen molar-refractivity contribution in [2.24, 2.45) is 0 Å². The molecule has 0 unspecified atom stereocenters. The van der Waals surface area contributed by atoms with Gasteiger partial charge in [0.05, 0.1) is 17.2 Å². The fourth-order valence-electron chi connectivity index (χ4n) is 4.24. The van der Waals surface area contributed by atoms with Crippen LogP contribution in [0.2, 0.25) is 0 Å². The number of rotatable bonds is 7. The van der Waals surface area contributed by atoms with Crippen LogP contribution in [0.4, 0.5) is 0 Å². The standard InChI is InChI=1S/C25H27N5O4S2/c1-3-34-20-8-10-21(11-9-20)36(32,33)29-14-12-28(13-15-29)17-19-16-23(31)30-25(26-19)35-24(27-30)22-7-5-4-6-18(22)2/h4-11,16H,3,12-15,17H2,1-2H3. The Morgan fingerprint density at radius 3 is 2.44 bits per heavy atom. The first-order valence-electron chi connectivity index (χ1n) is 11.8. The molecular weight excluding hydrogens is 498 g/mol. The summed E-state index contributed by atoms with van der Waals surface area (Å²) < 4.78 is 34.4. The SMILES string of the molecule is CCOc1ccc(S(=O)(=O)N2CCN(Cc3cc(=O)n4nc(-c5ccccc5C)sc4n3)CC2)cc1. The third kappa shape index (κ3) is 4.92. The first kappa shape index (κ1) is 24.6. The number of ether oxygens (including phenoxy) is 1. The second kappa shape index (κ2) is 10.1. The molecule has 2 aromatic carbocycles. The minimum Gasteiger partial charge on any atom is -0.494 e. The molecule has 0 N–H and O–H groups in total. The predicted octanol–water partition coefficient (Wildman–Crippen LogP) is 3.03. The molecular formula is C25H27N5O4S2. The molecule has 0 bridgehead atoms. The number of aromatic nitrogens is 3. The lowest BCUT2D eigenvalue weighted by atomic mass is 10.1. The van der Waals surface area contributed by atoms with Gasteiger partial charge in [-0.05, 0) is 43.7 Å². The number of hydrogen-bond acceptors (Lipinski definition) is 8. The van der Waals surface area contributed by atoms with Crippen LogP contribution in [-0.2, 0) is 16.6 Å². The van der Waals surface area contributed by atoms with E-state index < -0.39 is 10.0 Å². The van der Waals surface area contributed by atoms with Crippen molar-refractivity contribution in [3.63, 3.8) is 0 Å². The zero-order valence-electron chi connectivity index (χ0n) is 20.1. The largest absolute Gasteiger partial charge is 0.494 e. The monoisotopic (exact) mass is 525 g/mol. The highest BCUT2D eigenvalue weighted by molar-refractivity contribution is 7.89. The molecule has 9 nitrogen and oxygen atoms in total. The van der Waals surface area contributed by atoms with Gasteiger partial charge in [-0.2, -0.15) is 13.9 Å². The maximum atomic E-state index is 13.1. The molecule has 11 heteroatoms. The number of aryl methyl sites for hydroxylation is 1. The molecule has 0 saturated carbocycles. The van der Waals surface area contributed by atoms with Crippen LogP contribution in [0.5, 0.6) is 5.75 Å². The summed E-state index contributed by atoms with van der Waals surface area (Å²) in [6, 6.07) is 16.0. The molecule has 1 saturated heterocycles. The van der Waals surface area contributed by atoms with Gasteiger partial charge in [0, 0.05) is 44.4 Å². The Labute approximate surface area is 213 Å². The van der Waals surface area contributed by atoms with E-state index in [2.05, 4.69) is 15.0 Å². The van der Waals surface area contributed by atoms with Gasteiger partial charge in [0.25, 0.3) is 5.56 Å². The Hall–Kier alpha value is -3.12. The second-order valence-electron chi connectivity index (χ2n) is 8.59. The van der Waals surface area contributed by atoms with Gasteiger partial charge in [0.1, 0.15) is 10.8 Å². The first-order valence-corrected chi connectivity index (χ1v) is 14.0. The van der Waals surface area contributed by atoms with Gasteiger partial charge in [0.15, 0.2) is 0 Å². The van der Waals surface area contributed by atoms with Gasteiger partial charge in [-0.15, -0.1) is 0 Å². The second-order valence-corrected chi connectivity index (χ2v) is 11.5. The van der Waals surface area contributed by atoms with Crippen LogP contribution < -0.4 is 10.3 Å². The van der Waals surface area contributed by atoms with Crippen molar-refractivity contribution in [2.75, 3.05) is 32.8 Å². The summed E-state index contributed by atoms with van der Waals surface area (Å²) in [6.07, 6.45) is 0. The van der Waals surface area contributed by atoms with Gasteiger partial charge in [-0.3, -0.25) is 9.69 Å². The summed E-state index contributed by atoms with van der Waals surface area (Å²) >= 11 is 1.39. The van der Waals surface area contributed by atoms with E-state index in [0.29, 0.717) is 55.7 Å². The molecule has 0 atom stereocenters. The number of hydrogen-bond donors (Lipinski definition) is 0. The minimum absolute atomic E-state index is 0.220. The Morgan fingerprint density at radius 1 is 1.03 bits per heavy atom. The molecule has 0 radical (unpaired) electrons. The van der Waals surface area contributed by atoms with Crippen LogP contribution in [0.15, 0.2) is 64.3 Å². The van der Waals surface area contributed by atoms with E-state index in [0.717, 1.165) is 16.1 Å². The number of piperazine rings is 1. The van der Waals surface area contributed by atoms with E-state index in [-0.39, 0.29) is 10.5 Å². The van der Waals surface area contributed by atoms with Crippen LogP contribution in [-0.4, -0.2) is 65.0 Å². The molecule has 188 valence electrons. The van der Waals surface area contributed by atoms with Gasteiger partial charge >= 0.3 is 0 Å². The van der Waals surface area contributed by atoms with E-state index >= 15 is 0 Å². The zero-order chi connectivity index (χ0) is 25.3. The normalized spacial score (nSPS) is 15.4. The van der Waals surface area contributed by atoms with Crippen molar-refractivity contribution in [1.29, 1.82) is 0 Å². The molecule has 0 spiro atoms. The molecule has 0 aliphatic carbocycles. The number of fused-ring (bicyclic) bond motifs is 1. The molecule has 1 aliphatic rings. The Kier molecular flexibility index (Phi) is 6.89. The van der Waals surface area contributed by atoms with Gasteiger partial charge in [0.2, 0.25) is 15.0 Å².